The van der Waals surface area contributed by atoms with Crippen LogP contribution in [-0.2, 0) is 15.9 Å². The van der Waals surface area contributed by atoms with Gasteiger partial charge in [0.15, 0.2) is 6.29 Å². The van der Waals surface area contributed by atoms with E-state index in [9.17, 15) is 5.11 Å². The topological polar surface area (TPSA) is 50.7 Å². The molecule has 0 amide bonds. The molecule has 0 spiro atoms. The molecule has 4 heteroatoms. The molecule has 1 atom stereocenters. The first-order chi connectivity index (χ1) is 7.71. The lowest BCUT2D eigenvalue weighted by Crippen LogP contribution is -2.41. The van der Waals surface area contributed by atoms with Crippen molar-refractivity contribution in [2.75, 3.05) is 21.3 Å². The van der Waals surface area contributed by atoms with E-state index in [1.807, 2.05) is 19.2 Å². The molecule has 2 N–H and O–H groups in total. The Bertz CT molecular complexity index is 313. The van der Waals surface area contributed by atoms with Gasteiger partial charge in [-0.3, -0.25) is 0 Å². The maximum atomic E-state index is 9.37. The maximum absolute atomic E-state index is 9.37. The van der Waals surface area contributed by atoms with Gasteiger partial charge >= 0.3 is 0 Å². The molecule has 0 saturated heterocycles. The molecule has 0 aromatic heterocycles. The van der Waals surface area contributed by atoms with Crippen LogP contribution < -0.4 is 5.32 Å². The molecule has 90 valence electrons. The normalized spacial score (nSPS) is 13.0. The Kier molecular flexibility index (Phi) is 5.25. The van der Waals surface area contributed by atoms with Gasteiger partial charge in [0, 0.05) is 14.2 Å². The smallest absolute Gasteiger partial charge is 0.172 e. The molecule has 0 aliphatic rings. The van der Waals surface area contributed by atoms with E-state index < -0.39 is 0 Å². The Labute approximate surface area is 96.2 Å². The number of likely N-dealkylation sites (N-methyl/N-ethyl adjacent to an activating group) is 1. The standard InChI is InChI=1S/C12H19NO3/c1-13-11(12(15-2)16-3)8-9-5-4-6-10(14)7-9/h4-7,11-14H,8H2,1-3H3. The lowest BCUT2D eigenvalue weighted by molar-refractivity contribution is -0.121. The summed E-state index contributed by atoms with van der Waals surface area (Å²) in [6, 6.07) is 7.24. The number of benzene rings is 1. The SMILES string of the molecule is CNC(Cc1cccc(O)c1)C(OC)OC. The first kappa shape index (κ1) is 13.0. The van der Waals surface area contributed by atoms with E-state index in [0.29, 0.717) is 0 Å². The molecule has 1 aromatic carbocycles. The predicted molar refractivity (Wildman–Crippen MR) is 62.5 cm³/mol. The number of aromatic hydroxyl groups is 1. The van der Waals surface area contributed by atoms with Crippen molar-refractivity contribution in [1.29, 1.82) is 0 Å². The van der Waals surface area contributed by atoms with Crippen molar-refractivity contribution in [3.05, 3.63) is 29.8 Å². The molecule has 16 heavy (non-hydrogen) atoms. The van der Waals surface area contributed by atoms with E-state index >= 15 is 0 Å². The van der Waals surface area contributed by atoms with Gasteiger partial charge in [-0.05, 0) is 31.2 Å². The predicted octanol–water partition coefficient (Wildman–Crippen LogP) is 1.14. The second kappa shape index (κ2) is 6.48. The van der Waals surface area contributed by atoms with Crippen molar-refractivity contribution in [2.24, 2.45) is 0 Å². The van der Waals surface area contributed by atoms with Gasteiger partial charge < -0.3 is 19.9 Å². The molecule has 0 fully saturated rings. The number of rotatable bonds is 6. The number of phenolic OH excluding ortho intramolecular Hbond substituents is 1. The van der Waals surface area contributed by atoms with Gasteiger partial charge in [0.25, 0.3) is 0 Å². The zero-order valence-corrected chi connectivity index (χ0v) is 9.93. The summed E-state index contributed by atoms with van der Waals surface area (Å²) >= 11 is 0. The summed E-state index contributed by atoms with van der Waals surface area (Å²) in [5.41, 5.74) is 1.04. The van der Waals surface area contributed by atoms with Crippen LogP contribution in [0.15, 0.2) is 24.3 Å². The van der Waals surface area contributed by atoms with Crippen molar-refractivity contribution < 1.29 is 14.6 Å². The van der Waals surface area contributed by atoms with E-state index in [-0.39, 0.29) is 18.1 Å². The molecule has 1 aromatic rings. The lowest BCUT2D eigenvalue weighted by Gasteiger charge is -2.24. The molecule has 0 heterocycles. The minimum Gasteiger partial charge on any atom is -0.508 e. The summed E-state index contributed by atoms with van der Waals surface area (Å²) in [5.74, 6) is 0.277. The molecule has 0 aliphatic heterocycles. The van der Waals surface area contributed by atoms with E-state index in [2.05, 4.69) is 5.32 Å². The molecule has 0 bridgehead atoms. The van der Waals surface area contributed by atoms with Crippen LogP contribution in [-0.4, -0.2) is 38.7 Å². The minimum atomic E-state index is -0.299. The summed E-state index contributed by atoms with van der Waals surface area (Å²) in [5, 5.41) is 12.5. The first-order valence-corrected chi connectivity index (χ1v) is 5.22. The fourth-order valence-electron chi connectivity index (χ4n) is 1.70. The lowest BCUT2D eigenvalue weighted by atomic mass is 10.1. The Morgan fingerprint density at radius 2 is 2.00 bits per heavy atom. The highest BCUT2D eigenvalue weighted by molar-refractivity contribution is 5.27. The van der Waals surface area contributed by atoms with Crippen LogP contribution >= 0.6 is 0 Å². The molecule has 4 nitrogen and oxygen atoms in total. The zero-order chi connectivity index (χ0) is 12.0. The molecule has 1 unspecified atom stereocenters. The average Bonchev–Trinajstić information content (AvgIpc) is 2.29. The second-order valence-corrected chi connectivity index (χ2v) is 3.61. The summed E-state index contributed by atoms with van der Waals surface area (Å²) in [4.78, 5) is 0. The van der Waals surface area contributed by atoms with Gasteiger partial charge in [0.1, 0.15) is 5.75 Å². The van der Waals surface area contributed by atoms with E-state index in [1.54, 1.807) is 26.4 Å². The van der Waals surface area contributed by atoms with Crippen LogP contribution in [0.2, 0.25) is 0 Å². The second-order valence-electron chi connectivity index (χ2n) is 3.61. The first-order valence-electron chi connectivity index (χ1n) is 5.22. The fourth-order valence-corrected chi connectivity index (χ4v) is 1.70. The molecule has 1 rings (SSSR count). The van der Waals surface area contributed by atoms with Gasteiger partial charge in [-0.25, -0.2) is 0 Å². The molecular formula is C12H19NO3. The van der Waals surface area contributed by atoms with Crippen LogP contribution in [0.4, 0.5) is 0 Å². The third kappa shape index (κ3) is 3.48. The molecular weight excluding hydrogens is 206 g/mol. The monoisotopic (exact) mass is 225 g/mol. The van der Waals surface area contributed by atoms with Gasteiger partial charge in [-0.2, -0.15) is 0 Å². The Morgan fingerprint density at radius 3 is 2.50 bits per heavy atom. The Morgan fingerprint density at radius 1 is 1.31 bits per heavy atom. The van der Waals surface area contributed by atoms with E-state index in [1.165, 1.54) is 0 Å². The van der Waals surface area contributed by atoms with Crippen molar-refractivity contribution in [3.63, 3.8) is 0 Å². The van der Waals surface area contributed by atoms with Gasteiger partial charge in [0.2, 0.25) is 0 Å². The molecule has 0 aliphatic carbocycles. The largest absolute Gasteiger partial charge is 0.508 e. The summed E-state index contributed by atoms with van der Waals surface area (Å²) in [7, 11) is 5.08. The van der Waals surface area contributed by atoms with Crippen molar-refractivity contribution in [1.82, 2.24) is 5.32 Å². The van der Waals surface area contributed by atoms with Gasteiger partial charge in [-0.15, -0.1) is 0 Å². The number of hydrogen-bond donors (Lipinski definition) is 2. The van der Waals surface area contributed by atoms with E-state index in [4.69, 9.17) is 9.47 Å². The third-order valence-electron chi connectivity index (χ3n) is 2.53. The van der Waals surface area contributed by atoms with Crippen LogP contribution in [0, 0.1) is 0 Å². The minimum absolute atomic E-state index is 0.0526. The zero-order valence-electron chi connectivity index (χ0n) is 9.93. The molecule has 0 radical (unpaired) electrons. The maximum Gasteiger partial charge on any atom is 0.172 e. The van der Waals surface area contributed by atoms with Crippen molar-refractivity contribution in [2.45, 2.75) is 18.8 Å². The van der Waals surface area contributed by atoms with Gasteiger partial charge in [0.05, 0.1) is 6.04 Å². The highest BCUT2D eigenvalue weighted by Crippen LogP contribution is 2.14. The highest BCUT2D eigenvalue weighted by atomic mass is 16.7. The Balaban J connectivity index is 2.69. The highest BCUT2D eigenvalue weighted by Gasteiger charge is 2.19. The quantitative estimate of drug-likeness (QED) is 0.713. The third-order valence-corrected chi connectivity index (χ3v) is 2.53. The van der Waals surface area contributed by atoms with Crippen molar-refractivity contribution in [3.8, 4) is 5.75 Å². The van der Waals surface area contributed by atoms with Crippen LogP contribution in [0.1, 0.15) is 5.56 Å². The van der Waals surface area contributed by atoms with Crippen LogP contribution in [0.25, 0.3) is 0 Å². The Hall–Kier alpha value is -1.10. The number of ether oxygens (including phenoxy) is 2. The number of phenols is 1. The van der Waals surface area contributed by atoms with Crippen LogP contribution in [0.3, 0.4) is 0 Å². The number of hydrogen-bond acceptors (Lipinski definition) is 4. The summed E-state index contributed by atoms with van der Waals surface area (Å²) in [6.45, 7) is 0. The van der Waals surface area contributed by atoms with Crippen molar-refractivity contribution >= 4 is 0 Å². The number of methoxy groups -OCH3 is 2. The van der Waals surface area contributed by atoms with Crippen LogP contribution in [0.5, 0.6) is 5.75 Å². The summed E-state index contributed by atoms with van der Waals surface area (Å²) in [6.07, 6.45) is 0.435. The fraction of sp³-hybridized carbons (Fsp3) is 0.500. The van der Waals surface area contributed by atoms with Gasteiger partial charge in [-0.1, -0.05) is 12.1 Å². The summed E-state index contributed by atoms with van der Waals surface area (Å²) < 4.78 is 10.4. The van der Waals surface area contributed by atoms with E-state index in [0.717, 1.165) is 12.0 Å². The molecule has 0 saturated carbocycles. The number of nitrogens with one attached hydrogen (secondary N) is 1. The average molecular weight is 225 g/mol.